The van der Waals surface area contributed by atoms with E-state index < -0.39 is 0 Å². The lowest BCUT2D eigenvalue weighted by molar-refractivity contribution is 0.415. The summed E-state index contributed by atoms with van der Waals surface area (Å²) in [5, 5.41) is 3.00. The number of methoxy groups -OCH3 is 1. The first-order valence-corrected chi connectivity index (χ1v) is 8.22. The van der Waals surface area contributed by atoms with Gasteiger partial charge in [-0.25, -0.2) is 14.4 Å². The number of benzene rings is 2. The fraction of sp³-hybridized carbons (Fsp3) is 0.100. The van der Waals surface area contributed by atoms with Crippen molar-refractivity contribution in [3.63, 3.8) is 0 Å². The number of rotatable bonds is 6. The van der Waals surface area contributed by atoms with Crippen molar-refractivity contribution in [2.75, 3.05) is 12.4 Å². The predicted octanol–water partition coefficient (Wildman–Crippen LogP) is 4.57. The van der Waals surface area contributed by atoms with Crippen LogP contribution in [0.3, 0.4) is 0 Å². The van der Waals surface area contributed by atoms with Crippen molar-refractivity contribution in [1.82, 2.24) is 4.98 Å². The molecule has 0 unspecified atom stereocenters. The first-order chi connectivity index (χ1) is 13.1. The van der Waals surface area contributed by atoms with Crippen LogP contribution in [-0.2, 0) is 6.54 Å². The minimum absolute atomic E-state index is 0. The third-order valence-corrected chi connectivity index (χ3v) is 3.62. The van der Waals surface area contributed by atoms with Crippen LogP contribution in [0.2, 0.25) is 0 Å². The molecule has 0 spiro atoms. The molecule has 0 saturated heterocycles. The molecule has 3 rings (SSSR count). The maximum absolute atomic E-state index is 13.3. The Morgan fingerprint density at radius 2 is 1.89 bits per heavy atom. The van der Waals surface area contributed by atoms with Crippen LogP contribution in [0.4, 0.5) is 10.1 Å². The monoisotopic (exact) mass is 494 g/mol. The third-order valence-electron chi connectivity index (χ3n) is 3.62. The maximum Gasteiger partial charge on any atom is 0.224 e. The number of aliphatic imine (C=N–C) groups is 1. The first-order valence-electron chi connectivity index (χ1n) is 8.22. The number of nitrogens with one attached hydrogen (secondary N) is 1. The Balaban J connectivity index is 0.00000280. The molecular weight excluding hydrogens is 474 g/mol. The normalized spacial score (nSPS) is 10.7. The molecule has 0 fully saturated rings. The van der Waals surface area contributed by atoms with Crippen molar-refractivity contribution >= 4 is 35.6 Å². The Morgan fingerprint density at radius 1 is 1.11 bits per heavy atom. The van der Waals surface area contributed by atoms with Gasteiger partial charge >= 0.3 is 0 Å². The number of nitrogens with two attached hydrogens (primary N) is 1. The summed E-state index contributed by atoms with van der Waals surface area (Å²) in [6, 6.07) is 16.8. The van der Waals surface area contributed by atoms with E-state index in [4.69, 9.17) is 15.2 Å². The zero-order valence-electron chi connectivity index (χ0n) is 15.1. The summed E-state index contributed by atoms with van der Waals surface area (Å²) >= 11 is 0. The van der Waals surface area contributed by atoms with Crippen LogP contribution in [-0.4, -0.2) is 18.1 Å². The zero-order chi connectivity index (χ0) is 19.1. The maximum atomic E-state index is 13.3. The van der Waals surface area contributed by atoms with E-state index in [1.54, 1.807) is 31.5 Å². The Morgan fingerprint density at radius 3 is 2.68 bits per heavy atom. The van der Waals surface area contributed by atoms with Gasteiger partial charge < -0.3 is 20.5 Å². The number of halogens is 2. The number of guanidine groups is 1. The molecule has 2 aromatic carbocycles. The number of nitrogens with zero attached hydrogens (tertiary/aromatic N) is 2. The van der Waals surface area contributed by atoms with Crippen molar-refractivity contribution < 1.29 is 13.9 Å². The summed E-state index contributed by atoms with van der Waals surface area (Å²) in [7, 11) is 1.60. The average Bonchev–Trinajstić information content (AvgIpc) is 2.67. The molecule has 28 heavy (non-hydrogen) atoms. The second kappa shape index (κ2) is 10.5. The molecule has 3 aromatic rings. The Hall–Kier alpha value is -2.88. The molecule has 3 N–H and O–H groups in total. The van der Waals surface area contributed by atoms with Crippen molar-refractivity contribution in [3.8, 4) is 17.4 Å². The van der Waals surface area contributed by atoms with E-state index in [1.165, 1.54) is 12.1 Å². The third kappa shape index (κ3) is 6.08. The number of ether oxygens (including phenoxy) is 2. The number of hydrogen-bond donors (Lipinski definition) is 2. The fourth-order valence-electron chi connectivity index (χ4n) is 2.34. The lowest BCUT2D eigenvalue weighted by Crippen LogP contribution is -2.22. The van der Waals surface area contributed by atoms with E-state index in [0.29, 0.717) is 17.4 Å². The lowest BCUT2D eigenvalue weighted by atomic mass is 10.2. The zero-order valence-corrected chi connectivity index (χ0v) is 17.5. The Bertz CT molecular complexity index is 953. The quantitative estimate of drug-likeness (QED) is 0.298. The largest absolute Gasteiger partial charge is 0.497 e. The van der Waals surface area contributed by atoms with E-state index in [-0.39, 0.29) is 42.3 Å². The summed E-state index contributed by atoms with van der Waals surface area (Å²) in [5.74, 6) is 1.28. The van der Waals surface area contributed by atoms with Gasteiger partial charge in [0, 0.05) is 29.6 Å². The molecule has 1 aromatic heterocycles. The van der Waals surface area contributed by atoms with Crippen molar-refractivity contribution in [2.24, 2.45) is 10.7 Å². The van der Waals surface area contributed by atoms with Gasteiger partial charge in [0.2, 0.25) is 5.88 Å². The van der Waals surface area contributed by atoms with Gasteiger partial charge in [-0.2, -0.15) is 0 Å². The van der Waals surface area contributed by atoms with Crippen LogP contribution in [0.5, 0.6) is 17.4 Å². The number of anilines is 1. The molecule has 0 aliphatic rings. The van der Waals surface area contributed by atoms with E-state index in [2.05, 4.69) is 15.3 Å². The average molecular weight is 494 g/mol. The molecule has 0 aliphatic heterocycles. The summed E-state index contributed by atoms with van der Waals surface area (Å²) in [4.78, 5) is 8.51. The van der Waals surface area contributed by atoms with Gasteiger partial charge in [-0.15, -0.1) is 24.0 Å². The van der Waals surface area contributed by atoms with Crippen LogP contribution in [0.1, 0.15) is 5.56 Å². The number of aromatic nitrogens is 1. The van der Waals surface area contributed by atoms with Crippen LogP contribution in [0.25, 0.3) is 0 Å². The fourth-order valence-corrected chi connectivity index (χ4v) is 2.34. The van der Waals surface area contributed by atoms with Gasteiger partial charge in [0.1, 0.15) is 17.3 Å². The molecule has 0 bridgehead atoms. The highest BCUT2D eigenvalue weighted by atomic mass is 127. The highest BCUT2D eigenvalue weighted by molar-refractivity contribution is 14.0. The van der Waals surface area contributed by atoms with Crippen LogP contribution in [0, 0.1) is 5.82 Å². The van der Waals surface area contributed by atoms with Gasteiger partial charge in [-0.3, -0.25) is 0 Å². The smallest absolute Gasteiger partial charge is 0.224 e. The van der Waals surface area contributed by atoms with Crippen molar-refractivity contribution in [2.45, 2.75) is 6.54 Å². The molecule has 1 heterocycles. The van der Waals surface area contributed by atoms with E-state index in [1.807, 2.05) is 30.3 Å². The Labute approximate surface area is 179 Å². The molecule has 8 heteroatoms. The van der Waals surface area contributed by atoms with Crippen molar-refractivity contribution in [3.05, 3.63) is 78.2 Å². The summed E-state index contributed by atoms with van der Waals surface area (Å²) in [6.45, 7) is 0.251. The predicted molar refractivity (Wildman–Crippen MR) is 118 cm³/mol. The van der Waals surface area contributed by atoms with Crippen molar-refractivity contribution in [1.29, 1.82) is 0 Å². The highest BCUT2D eigenvalue weighted by Gasteiger charge is 2.07. The van der Waals surface area contributed by atoms with E-state index in [9.17, 15) is 4.39 Å². The molecule has 0 aliphatic carbocycles. The first kappa shape index (κ1) is 21.4. The topological polar surface area (TPSA) is 81.8 Å². The molecular formula is C20H20FIN4O2. The minimum Gasteiger partial charge on any atom is -0.497 e. The van der Waals surface area contributed by atoms with Gasteiger partial charge in [0.05, 0.1) is 13.7 Å². The summed E-state index contributed by atoms with van der Waals surface area (Å²) < 4.78 is 24.2. The Kier molecular flexibility index (Phi) is 8.00. The number of pyridine rings is 1. The van der Waals surface area contributed by atoms with E-state index in [0.717, 1.165) is 11.3 Å². The molecule has 6 nitrogen and oxygen atoms in total. The molecule has 0 amide bonds. The lowest BCUT2D eigenvalue weighted by Gasteiger charge is -2.10. The second-order valence-electron chi connectivity index (χ2n) is 5.59. The van der Waals surface area contributed by atoms with Gasteiger partial charge in [0.25, 0.3) is 0 Å². The molecule has 0 atom stereocenters. The van der Waals surface area contributed by atoms with Crippen LogP contribution >= 0.6 is 24.0 Å². The second-order valence-corrected chi connectivity index (χ2v) is 5.59. The minimum atomic E-state index is -0.380. The highest BCUT2D eigenvalue weighted by Crippen LogP contribution is 2.24. The van der Waals surface area contributed by atoms with Crippen LogP contribution < -0.4 is 20.5 Å². The molecule has 0 saturated carbocycles. The van der Waals surface area contributed by atoms with Gasteiger partial charge in [-0.1, -0.05) is 18.2 Å². The molecule has 0 radical (unpaired) electrons. The SMILES string of the molecule is COc1cccc(NC(N)=NCc2cccnc2Oc2cccc(F)c2)c1.I. The molecule has 146 valence electrons. The van der Waals surface area contributed by atoms with E-state index >= 15 is 0 Å². The number of hydrogen-bond acceptors (Lipinski definition) is 4. The standard InChI is InChI=1S/C20H19FN4O2.HI/c1-26-17-8-3-7-16(12-17)25-20(22)24-13-14-5-4-10-23-19(14)27-18-9-2-6-15(21)11-18;/h2-12H,13H2,1H3,(H3,22,24,25);1H. The van der Waals surface area contributed by atoms with Gasteiger partial charge in [-0.05, 0) is 30.3 Å². The summed E-state index contributed by atoms with van der Waals surface area (Å²) in [5.41, 5.74) is 7.44. The van der Waals surface area contributed by atoms with Crippen LogP contribution in [0.15, 0.2) is 71.9 Å². The van der Waals surface area contributed by atoms with Gasteiger partial charge in [0.15, 0.2) is 5.96 Å². The summed E-state index contributed by atoms with van der Waals surface area (Å²) in [6.07, 6.45) is 1.60.